The van der Waals surface area contributed by atoms with E-state index in [9.17, 15) is 9.59 Å². The molecule has 0 fully saturated rings. The van der Waals surface area contributed by atoms with Crippen LogP contribution in [0.5, 0.6) is 0 Å². The number of halogens is 1. The van der Waals surface area contributed by atoms with Crippen LogP contribution >= 0.6 is 11.6 Å². The highest BCUT2D eigenvalue weighted by Gasteiger charge is 2.13. The molecular weight excluding hydrogens is 232 g/mol. The van der Waals surface area contributed by atoms with Gasteiger partial charge in [0.2, 0.25) is 0 Å². The molecule has 1 aromatic rings. The Bertz CT molecular complexity index is 409. The van der Waals surface area contributed by atoms with Crippen LogP contribution in [0.3, 0.4) is 0 Å². The Morgan fingerprint density at radius 1 is 1.62 bits per heavy atom. The van der Waals surface area contributed by atoms with Gasteiger partial charge in [0.05, 0.1) is 5.92 Å². The number of aromatic nitrogens is 1. The minimum Gasteiger partial charge on any atom is -0.481 e. The van der Waals surface area contributed by atoms with E-state index in [0.29, 0.717) is 5.56 Å². The summed E-state index contributed by atoms with van der Waals surface area (Å²) >= 11 is 5.62. The number of rotatable bonds is 4. The van der Waals surface area contributed by atoms with E-state index >= 15 is 0 Å². The summed E-state index contributed by atoms with van der Waals surface area (Å²) < 4.78 is 0. The van der Waals surface area contributed by atoms with Crippen LogP contribution in [0.25, 0.3) is 0 Å². The van der Waals surface area contributed by atoms with E-state index in [2.05, 4.69) is 10.3 Å². The molecule has 0 aliphatic rings. The van der Waals surface area contributed by atoms with E-state index in [1.54, 1.807) is 0 Å². The topological polar surface area (TPSA) is 79.3 Å². The lowest BCUT2D eigenvalue weighted by Crippen LogP contribution is -2.31. The molecule has 0 spiro atoms. The first-order chi connectivity index (χ1) is 7.50. The zero-order valence-corrected chi connectivity index (χ0v) is 9.36. The Labute approximate surface area is 97.4 Å². The number of carboxylic acid groups (broad SMARTS) is 1. The lowest BCUT2D eigenvalue weighted by atomic mass is 10.2. The fraction of sp³-hybridized carbons (Fsp3) is 0.300. The molecule has 1 rings (SSSR count). The molecule has 0 radical (unpaired) electrons. The normalized spacial score (nSPS) is 11.9. The van der Waals surface area contributed by atoms with E-state index in [1.807, 2.05) is 0 Å². The van der Waals surface area contributed by atoms with Gasteiger partial charge in [0.15, 0.2) is 0 Å². The van der Waals surface area contributed by atoms with Crippen molar-refractivity contribution in [1.82, 2.24) is 10.3 Å². The van der Waals surface area contributed by atoms with Gasteiger partial charge >= 0.3 is 5.97 Å². The smallest absolute Gasteiger partial charge is 0.308 e. The molecule has 0 bridgehead atoms. The summed E-state index contributed by atoms with van der Waals surface area (Å²) in [6.45, 7) is 1.59. The van der Waals surface area contributed by atoms with Gasteiger partial charge < -0.3 is 10.4 Å². The number of carbonyl (C=O) groups is 2. The molecule has 1 atom stereocenters. The average Bonchev–Trinajstić information content (AvgIpc) is 2.25. The van der Waals surface area contributed by atoms with Crippen LogP contribution in [0.2, 0.25) is 5.15 Å². The molecule has 86 valence electrons. The first-order valence-electron chi connectivity index (χ1n) is 4.63. The molecule has 0 aliphatic heterocycles. The molecule has 0 aliphatic carbocycles. The maximum Gasteiger partial charge on any atom is 0.308 e. The van der Waals surface area contributed by atoms with Crippen LogP contribution in [-0.4, -0.2) is 28.5 Å². The van der Waals surface area contributed by atoms with Gasteiger partial charge in [-0.2, -0.15) is 0 Å². The molecule has 5 nitrogen and oxygen atoms in total. The number of nitrogens with one attached hydrogen (secondary N) is 1. The van der Waals surface area contributed by atoms with Crippen LogP contribution < -0.4 is 5.32 Å². The van der Waals surface area contributed by atoms with Crippen molar-refractivity contribution in [2.45, 2.75) is 6.92 Å². The van der Waals surface area contributed by atoms with Gasteiger partial charge in [-0.15, -0.1) is 0 Å². The first-order valence-corrected chi connectivity index (χ1v) is 5.01. The van der Waals surface area contributed by atoms with E-state index in [0.717, 1.165) is 0 Å². The van der Waals surface area contributed by atoms with Crippen molar-refractivity contribution < 1.29 is 14.7 Å². The van der Waals surface area contributed by atoms with Crippen molar-refractivity contribution in [2.24, 2.45) is 5.92 Å². The Kier molecular flexibility index (Phi) is 4.25. The van der Waals surface area contributed by atoms with Crippen molar-refractivity contribution in [3.8, 4) is 0 Å². The molecule has 1 unspecified atom stereocenters. The second-order valence-corrected chi connectivity index (χ2v) is 3.70. The van der Waals surface area contributed by atoms with Crippen molar-refractivity contribution in [1.29, 1.82) is 0 Å². The molecular formula is C10H11ClN2O3. The molecule has 0 saturated heterocycles. The molecule has 1 heterocycles. The number of nitrogens with zero attached hydrogens (tertiary/aromatic N) is 1. The zero-order valence-electron chi connectivity index (χ0n) is 8.61. The lowest BCUT2D eigenvalue weighted by molar-refractivity contribution is -0.140. The van der Waals surface area contributed by atoms with Gasteiger partial charge in [0.25, 0.3) is 5.91 Å². The van der Waals surface area contributed by atoms with Gasteiger partial charge in [-0.3, -0.25) is 9.59 Å². The SMILES string of the molecule is CC(CNC(=O)c1ccnc(Cl)c1)C(=O)O. The van der Waals surface area contributed by atoms with Gasteiger partial charge in [-0.1, -0.05) is 18.5 Å². The van der Waals surface area contributed by atoms with Crippen molar-refractivity contribution >= 4 is 23.5 Å². The molecule has 16 heavy (non-hydrogen) atoms. The molecule has 1 amide bonds. The number of hydrogen-bond acceptors (Lipinski definition) is 3. The third kappa shape index (κ3) is 3.51. The van der Waals surface area contributed by atoms with E-state index in [-0.39, 0.29) is 17.6 Å². The van der Waals surface area contributed by atoms with Gasteiger partial charge in [0, 0.05) is 18.3 Å². The monoisotopic (exact) mass is 242 g/mol. The largest absolute Gasteiger partial charge is 0.481 e. The minimum atomic E-state index is -0.951. The average molecular weight is 243 g/mol. The minimum absolute atomic E-state index is 0.0775. The molecule has 0 aromatic carbocycles. The summed E-state index contributed by atoms with van der Waals surface area (Å²) in [5.74, 6) is -1.94. The van der Waals surface area contributed by atoms with Crippen molar-refractivity contribution in [3.63, 3.8) is 0 Å². The second kappa shape index (κ2) is 5.46. The van der Waals surface area contributed by atoms with Gasteiger partial charge in [0.1, 0.15) is 5.15 Å². The van der Waals surface area contributed by atoms with Gasteiger partial charge in [-0.05, 0) is 12.1 Å². The fourth-order valence-electron chi connectivity index (χ4n) is 0.979. The van der Waals surface area contributed by atoms with E-state index in [4.69, 9.17) is 16.7 Å². The van der Waals surface area contributed by atoms with E-state index < -0.39 is 11.9 Å². The number of amides is 1. The number of hydrogen-bond donors (Lipinski definition) is 2. The Balaban J connectivity index is 2.56. The predicted molar refractivity (Wildman–Crippen MR) is 58.4 cm³/mol. The quantitative estimate of drug-likeness (QED) is 0.778. The van der Waals surface area contributed by atoms with Crippen LogP contribution in [0.4, 0.5) is 0 Å². The fourth-order valence-corrected chi connectivity index (χ4v) is 1.15. The lowest BCUT2D eigenvalue weighted by Gasteiger charge is -2.08. The summed E-state index contributed by atoms with van der Waals surface area (Å²) in [5.41, 5.74) is 0.359. The highest BCUT2D eigenvalue weighted by atomic mass is 35.5. The molecule has 2 N–H and O–H groups in total. The number of carboxylic acids is 1. The molecule has 6 heteroatoms. The maximum absolute atomic E-state index is 11.5. The number of carbonyl (C=O) groups excluding carboxylic acids is 1. The third-order valence-corrected chi connectivity index (χ3v) is 2.19. The Morgan fingerprint density at radius 2 is 2.31 bits per heavy atom. The molecule has 0 saturated carbocycles. The highest BCUT2D eigenvalue weighted by molar-refractivity contribution is 6.29. The maximum atomic E-state index is 11.5. The highest BCUT2D eigenvalue weighted by Crippen LogP contribution is 2.06. The van der Waals surface area contributed by atoms with Crippen molar-refractivity contribution in [3.05, 3.63) is 29.0 Å². The first kappa shape index (κ1) is 12.4. The summed E-state index contributed by atoms with van der Waals surface area (Å²) in [5, 5.41) is 11.3. The van der Waals surface area contributed by atoms with Crippen LogP contribution in [-0.2, 0) is 4.79 Å². The number of aliphatic carboxylic acids is 1. The second-order valence-electron chi connectivity index (χ2n) is 3.32. The zero-order chi connectivity index (χ0) is 12.1. The Morgan fingerprint density at radius 3 is 2.88 bits per heavy atom. The summed E-state index contributed by atoms with van der Waals surface area (Å²) in [4.78, 5) is 25.8. The van der Waals surface area contributed by atoms with Crippen LogP contribution in [0.1, 0.15) is 17.3 Å². The summed E-state index contributed by atoms with van der Waals surface area (Å²) in [6.07, 6.45) is 1.41. The Hall–Kier alpha value is -1.62. The van der Waals surface area contributed by atoms with E-state index in [1.165, 1.54) is 25.3 Å². The van der Waals surface area contributed by atoms with Crippen LogP contribution in [0.15, 0.2) is 18.3 Å². The summed E-state index contributed by atoms with van der Waals surface area (Å²) in [7, 11) is 0. The summed E-state index contributed by atoms with van der Waals surface area (Å²) in [6, 6.07) is 2.93. The number of pyridine rings is 1. The standard InChI is InChI=1S/C10H11ClN2O3/c1-6(10(15)16)5-13-9(14)7-2-3-12-8(11)4-7/h2-4,6H,5H2,1H3,(H,13,14)(H,15,16). The molecule has 1 aromatic heterocycles. The van der Waals surface area contributed by atoms with Gasteiger partial charge in [-0.25, -0.2) is 4.98 Å². The third-order valence-electron chi connectivity index (χ3n) is 1.98. The predicted octanol–water partition coefficient (Wildman–Crippen LogP) is 1.19. The van der Waals surface area contributed by atoms with Crippen molar-refractivity contribution in [2.75, 3.05) is 6.54 Å². The van der Waals surface area contributed by atoms with Crippen LogP contribution in [0, 0.1) is 5.92 Å².